The van der Waals surface area contributed by atoms with Gasteiger partial charge in [-0.2, -0.15) is 0 Å². The Balaban J connectivity index is 2.00. The highest BCUT2D eigenvalue weighted by Gasteiger charge is 2.15. The maximum Gasteiger partial charge on any atom is 0.349 e. The number of benzene rings is 1. The van der Waals surface area contributed by atoms with Crippen molar-refractivity contribution in [2.45, 2.75) is 6.92 Å². The smallest absolute Gasteiger partial charge is 0.349 e. The van der Waals surface area contributed by atoms with Crippen LogP contribution in [0.1, 0.15) is 16.1 Å². The minimum Gasteiger partial charge on any atom is -0.422 e. The third-order valence-electron chi connectivity index (χ3n) is 2.81. The Morgan fingerprint density at radius 2 is 2.10 bits per heavy atom. The van der Waals surface area contributed by atoms with E-state index in [9.17, 15) is 9.59 Å². The Kier molecular flexibility index (Phi) is 3.34. The number of nitrogens with one attached hydrogen (secondary N) is 1. The SMILES string of the molecule is Cc1cc(NC(=O)c2cc3cc(Br)ccc3oc2=O)no1. The molecular weight excluding hydrogens is 340 g/mol. The molecule has 0 radical (unpaired) electrons. The summed E-state index contributed by atoms with van der Waals surface area (Å²) < 4.78 is 10.8. The van der Waals surface area contributed by atoms with Crippen LogP contribution in [0, 0.1) is 6.92 Å². The lowest BCUT2D eigenvalue weighted by atomic mass is 10.2. The molecule has 106 valence electrons. The molecular formula is C14H9BrN2O4. The predicted molar refractivity (Wildman–Crippen MR) is 79.4 cm³/mol. The number of rotatable bonds is 2. The monoisotopic (exact) mass is 348 g/mol. The van der Waals surface area contributed by atoms with Gasteiger partial charge in [0, 0.05) is 15.9 Å². The number of amides is 1. The second-order valence-corrected chi connectivity index (χ2v) is 5.32. The first kappa shape index (κ1) is 13.6. The van der Waals surface area contributed by atoms with Crippen LogP contribution in [0.25, 0.3) is 11.0 Å². The summed E-state index contributed by atoms with van der Waals surface area (Å²) in [5.41, 5.74) is -0.388. The second-order valence-electron chi connectivity index (χ2n) is 4.41. The number of carbonyl (C=O) groups excluding carboxylic acids is 1. The molecule has 6 nitrogen and oxygen atoms in total. The fourth-order valence-corrected chi connectivity index (χ4v) is 2.24. The zero-order chi connectivity index (χ0) is 15.0. The van der Waals surface area contributed by atoms with Crippen LogP contribution in [0.3, 0.4) is 0 Å². The van der Waals surface area contributed by atoms with E-state index in [1.807, 2.05) is 0 Å². The molecule has 0 saturated carbocycles. The second kappa shape index (κ2) is 5.17. The minimum absolute atomic E-state index is 0.0961. The van der Waals surface area contributed by atoms with Crippen LogP contribution >= 0.6 is 15.9 Å². The molecule has 3 rings (SSSR count). The largest absolute Gasteiger partial charge is 0.422 e. The highest BCUT2D eigenvalue weighted by Crippen LogP contribution is 2.19. The summed E-state index contributed by atoms with van der Waals surface area (Å²) in [4.78, 5) is 24.0. The number of hydrogen-bond acceptors (Lipinski definition) is 5. The van der Waals surface area contributed by atoms with E-state index in [2.05, 4.69) is 26.4 Å². The van der Waals surface area contributed by atoms with Gasteiger partial charge in [0.15, 0.2) is 5.82 Å². The molecule has 0 unspecified atom stereocenters. The van der Waals surface area contributed by atoms with E-state index in [1.54, 1.807) is 31.2 Å². The van der Waals surface area contributed by atoms with E-state index in [4.69, 9.17) is 8.94 Å². The van der Waals surface area contributed by atoms with E-state index in [1.165, 1.54) is 6.07 Å². The first-order chi connectivity index (χ1) is 10.0. The Labute approximate surface area is 126 Å². The van der Waals surface area contributed by atoms with Gasteiger partial charge < -0.3 is 14.3 Å². The van der Waals surface area contributed by atoms with Gasteiger partial charge in [0.05, 0.1) is 0 Å². The zero-order valence-corrected chi connectivity index (χ0v) is 12.4. The predicted octanol–water partition coefficient (Wildman–Crippen LogP) is 3.10. The molecule has 0 fully saturated rings. The highest BCUT2D eigenvalue weighted by molar-refractivity contribution is 9.10. The third-order valence-corrected chi connectivity index (χ3v) is 3.30. The average molecular weight is 349 g/mol. The first-order valence-corrected chi connectivity index (χ1v) is 6.80. The molecule has 0 aliphatic heterocycles. The van der Waals surface area contributed by atoms with E-state index >= 15 is 0 Å². The molecule has 1 aromatic carbocycles. The van der Waals surface area contributed by atoms with Gasteiger partial charge in [0.1, 0.15) is 16.9 Å². The molecule has 3 aromatic rings. The lowest BCUT2D eigenvalue weighted by molar-refractivity contribution is 0.102. The Bertz CT molecular complexity index is 897. The maximum absolute atomic E-state index is 12.1. The van der Waals surface area contributed by atoms with Crippen LogP contribution in [0.15, 0.2) is 48.5 Å². The van der Waals surface area contributed by atoms with Crippen molar-refractivity contribution in [3.05, 3.63) is 56.5 Å². The van der Waals surface area contributed by atoms with E-state index in [0.717, 1.165) is 4.47 Å². The third kappa shape index (κ3) is 2.73. The van der Waals surface area contributed by atoms with Crippen LogP contribution in [-0.4, -0.2) is 11.1 Å². The fraction of sp³-hybridized carbons (Fsp3) is 0.0714. The molecule has 0 bridgehead atoms. The standard InChI is InChI=1S/C14H9BrN2O4/c1-7-4-12(17-21-7)16-13(18)10-6-8-5-9(15)2-3-11(8)20-14(10)19/h2-6H,1H3,(H,16,17,18). The van der Waals surface area contributed by atoms with Gasteiger partial charge in [-0.3, -0.25) is 4.79 Å². The molecule has 0 spiro atoms. The van der Waals surface area contributed by atoms with Gasteiger partial charge in [-0.25, -0.2) is 4.79 Å². The molecule has 0 aliphatic rings. The molecule has 1 N–H and O–H groups in total. The van der Waals surface area contributed by atoms with Crippen LogP contribution in [-0.2, 0) is 0 Å². The van der Waals surface area contributed by atoms with Crippen molar-refractivity contribution in [3.63, 3.8) is 0 Å². The molecule has 0 atom stereocenters. The number of carbonyl (C=O) groups is 1. The Morgan fingerprint density at radius 3 is 2.81 bits per heavy atom. The number of halogens is 1. The zero-order valence-electron chi connectivity index (χ0n) is 10.8. The maximum atomic E-state index is 12.1. The summed E-state index contributed by atoms with van der Waals surface area (Å²) in [6.45, 7) is 1.70. The molecule has 2 heterocycles. The van der Waals surface area contributed by atoms with Crippen molar-refractivity contribution >= 4 is 38.6 Å². The molecule has 1 amide bonds. The van der Waals surface area contributed by atoms with Crippen LogP contribution in [0.5, 0.6) is 0 Å². The molecule has 7 heteroatoms. The molecule has 21 heavy (non-hydrogen) atoms. The number of hydrogen-bond donors (Lipinski definition) is 1. The van der Waals surface area contributed by atoms with Crippen molar-refractivity contribution in [2.24, 2.45) is 0 Å². The number of anilines is 1. The topological polar surface area (TPSA) is 85.3 Å². The number of nitrogens with zero attached hydrogens (tertiary/aromatic N) is 1. The molecule has 2 aromatic heterocycles. The summed E-state index contributed by atoms with van der Waals surface area (Å²) in [5, 5.41) is 6.77. The molecule has 0 aliphatic carbocycles. The van der Waals surface area contributed by atoms with Crippen molar-refractivity contribution in [1.29, 1.82) is 0 Å². The summed E-state index contributed by atoms with van der Waals surface area (Å²) >= 11 is 3.33. The van der Waals surface area contributed by atoms with Gasteiger partial charge in [0.25, 0.3) is 5.91 Å². The lowest BCUT2D eigenvalue weighted by Gasteiger charge is -2.02. The summed E-state index contributed by atoms with van der Waals surface area (Å²) in [6.07, 6.45) is 0. The van der Waals surface area contributed by atoms with Crippen molar-refractivity contribution in [3.8, 4) is 0 Å². The fourth-order valence-electron chi connectivity index (χ4n) is 1.86. The quantitative estimate of drug-likeness (QED) is 0.719. The van der Waals surface area contributed by atoms with Gasteiger partial charge >= 0.3 is 5.63 Å². The molecule has 0 saturated heterocycles. The number of aryl methyl sites for hydroxylation is 1. The summed E-state index contributed by atoms with van der Waals surface area (Å²) in [6, 6.07) is 8.20. The lowest BCUT2D eigenvalue weighted by Crippen LogP contribution is -2.20. The average Bonchev–Trinajstić information content (AvgIpc) is 2.83. The number of aromatic nitrogens is 1. The van der Waals surface area contributed by atoms with Crippen molar-refractivity contribution < 1.29 is 13.7 Å². The van der Waals surface area contributed by atoms with Crippen LogP contribution in [0.2, 0.25) is 0 Å². The van der Waals surface area contributed by atoms with Crippen molar-refractivity contribution in [1.82, 2.24) is 5.16 Å². The number of fused-ring (bicyclic) bond motifs is 1. The van der Waals surface area contributed by atoms with E-state index < -0.39 is 11.5 Å². The van der Waals surface area contributed by atoms with E-state index in [-0.39, 0.29) is 11.4 Å². The Hall–Kier alpha value is -2.41. The van der Waals surface area contributed by atoms with Crippen LogP contribution < -0.4 is 10.9 Å². The van der Waals surface area contributed by atoms with E-state index in [0.29, 0.717) is 16.7 Å². The Morgan fingerprint density at radius 1 is 1.29 bits per heavy atom. The van der Waals surface area contributed by atoms with Gasteiger partial charge in [-0.15, -0.1) is 0 Å². The summed E-state index contributed by atoms with van der Waals surface area (Å²) in [7, 11) is 0. The minimum atomic E-state index is -0.706. The van der Waals surface area contributed by atoms with Crippen molar-refractivity contribution in [2.75, 3.05) is 5.32 Å². The first-order valence-electron chi connectivity index (χ1n) is 6.01. The van der Waals surface area contributed by atoms with Gasteiger partial charge in [0.2, 0.25) is 0 Å². The van der Waals surface area contributed by atoms with Gasteiger partial charge in [-0.1, -0.05) is 21.1 Å². The van der Waals surface area contributed by atoms with Gasteiger partial charge in [-0.05, 0) is 31.2 Å². The van der Waals surface area contributed by atoms with Crippen LogP contribution in [0.4, 0.5) is 5.82 Å². The summed E-state index contributed by atoms with van der Waals surface area (Å²) in [5.74, 6) is 0.199. The normalized spacial score (nSPS) is 10.8. The highest BCUT2D eigenvalue weighted by atomic mass is 79.9.